The van der Waals surface area contributed by atoms with Gasteiger partial charge < -0.3 is 28.9 Å². The molecule has 0 aromatic carbocycles. The van der Waals surface area contributed by atoms with Crippen molar-refractivity contribution in [1.82, 2.24) is 19.9 Å². The molecule has 2 N–H and O–H groups in total. The molecule has 2 aliphatic rings. The van der Waals surface area contributed by atoms with Crippen molar-refractivity contribution < 1.29 is 73.5 Å². The van der Waals surface area contributed by atoms with Gasteiger partial charge in [0, 0.05) is 117 Å². The van der Waals surface area contributed by atoms with Gasteiger partial charge in [-0.05, 0) is 156 Å². The number of esters is 4. The summed E-state index contributed by atoms with van der Waals surface area (Å²) in [5, 5.41) is 0. The van der Waals surface area contributed by atoms with Crippen LogP contribution in [0, 0.1) is 21.7 Å². The van der Waals surface area contributed by atoms with E-state index < -0.39 is 21.7 Å². The molecule has 7 aromatic rings. The maximum absolute atomic E-state index is 12.7. The molecule has 17 heteroatoms. The zero-order valence-electron chi connectivity index (χ0n) is 53.7. The Labute approximate surface area is 533 Å². The molecular formula is C72H86MnN8O8+6. The average Bonchev–Trinajstić information content (AvgIpc) is 2.76. The fraction of sp³-hybridized carbons (Fsp3) is 0.389. The number of carbonyl (C=O) groups excluding carboxylic acids is 4. The van der Waals surface area contributed by atoms with Crippen LogP contribution < -0.4 is 18.3 Å². The molecule has 2 aliphatic heterocycles. The van der Waals surface area contributed by atoms with Gasteiger partial charge in [0.1, 0.15) is 0 Å². The van der Waals surface area contributed by atoms with Gasteiger partial charge in [0.15, 0.2) is 75.8 Å². The topological polar surface area (TPSA) is 178 Å². The molecule has 0 amide bonds. The van der Waals surface area contributed by atoms with E-state index in [0.29, 0.717) is 78.3 Å². The quantitative estimate of drug-likeness (QED) is 0.0245. The van der Waals surface area contributed by atoms with Crippen LogP contribution in [0.1, 0.15) is 132 Å². The Hall–Kier alpha value is -8.40. The van der Waals surface area contributed by atoms with Gasteiger partial charge in [-0.2, -0.15) is 0 Å². The minimum Gasteiger partial charge on any atom is -0.465 e. The zero-order valence-corrected chi connectivity index (χ0v) is 54.8. The largest absolute Gasteiger partial charge is 2.00 e. The minimum absolute atomic E-state index is 0. The third kappa shape index (κ3) is 17.1. The van der Waals surface area contributed by atoms with Gasteiger partial charge in [-0.15, -0.1) is 0 Å². The van der Waals surface area contributed by atoms with E-state index in [1.54, 1.807) is 0 Å². The summed E-state index contributed by atoms with van der Waals surface area (Å²) >= 11 is 0. The van der Waals surface area contributed by atoms with Gasteiger partial charge in [0.25, 0.3) is 0 Å². The smallest absolute Gasteiger partial charge is 0.465 e. The van der Waals surface area contributed by atoms with E-state index in [1.165, 1.54) is 0 Å². The Balaban J connectivity index is 0.0000102. The van der Waals surface area contributed by atoms with Crippen LogP contribution in [0.15, 0.2) is 122 Å². The Morgan fingerprint density at radius 2 is 0.573 bits per heavy atom. The average molecular weight is 1250 g/mol. The fourth-order valence-electron chi connectivity index (χ4n) is 10.2. The molecule has 9 heterocycles. The van der Waals surface area contributed by atoms with Crippen molar-refractivity contribution in [2.75, 3.05) is 26.4 Å². The molecule has 0 unspecified atom stereocenters. The number of carbonyl (C=O) groups is 4. The van der Waals surface area contributed by atoms with Crippen LogP contribution in [-0.2, 0) is 81.4 Å². The molecule has 0 atom stereocenters. The van der Waals surface area contributed by atoms with E-state index in [0.717, 1.165) is 89.4 Å². The maximum Gasteiger partial charge on any atom is 2.00 e. The number of aromatic amines is 2. The van der Waals surface area contributed by atoms with Gasteiger partial charge in [-0.3, -0.25) is 19.2 Å². The number of aryl methyl sites for hydroxylation is 4. The second-order valence-corrected chi connectivity index (χ2v) is 26.8. The molecule has 463 valence electrons. The van der Waals surface area contributed by atoms with E-state index in [4.69, 9.17) is 28.9 Å². The first-order valence-corrected chi connectivity index (χ1v) is 30.6. The van der Waals surface area contributed by atoms with Gasteiger partial charge in [0.2, 0.25) is 0 Å². The summed E-state index contributed by atoms with van der Waals surface area (Å²) in [6, 6.07) is 25.0. The van der Waals surface area contributed by atoms with Crippen molar-refractivity contribution >= 4 is 70.2 Å². The molecule has 0 saturated heterocycles. The first-order chi connectivity index (χ1) is 41.8. The number of aromatic nitrogens is 8. The second-order valence-electron chi connectivity index (χ2n) is 26.8. The molecule has 0 aliphatic carbocycles. The van der Waals surface area contributed by atoms with Crippen LogP contribution in [0.25, 0.3) is 90.9 Å². The van der Waals surface area contributed by atoms with Crippen molar-refractivity contribution in [2.24, 2.45) is 21.7 Å². The monoisotopic (exact) mass is 1250 g/mol. The second kappa shape index (κ2) is 28.4. The number of hydrogen-bond donors (Lipinski definition) is 2. The molecule has 0 saturated carbocycles. The predicted octanol–water partition coefficient (Wildman–Crippen LogP) is 12.4. The van der Waals surface area contributed by atoms with Crippen LogP contribution in [0.2, 0.25) is 0 Å². The number of nitrogens with one attached hydrogen (secondary N) is 2. The maximum atomic E-state index is 12.7. The van der Waals surface area contributed by atoms with Gasteiger partial charge in [-0.25, -0.2) is 28.2 Å². The van der Waals surface area contributed by atoms with Crippen LogP contribution in [-0.4, -0.2) is 70.2 Å². The number of H-pyrrole nitrogens is 2. The molecule has 7 aromatic heterocycles. The van der Waals surface area contributed by atoms with Crippen LogP contribution in [0.3, 0.4) is 0 Å². The summed E-state index contributed by atoms with van der Waals surface area (Å²) in [7, 11) is 0. The summed E-state index contributed by atoms with van der Waals surface area (Å²) < 4.78 is 31.2. The Morgan fingerprint density at radius 1 is 0.360 bits per heavy atom. The van der Waals surface area contributed by atoms with E-state index in [-0.39, 0.29) is 40.9 Å². The van der Waals surface area contributed by atoms with Crippen LogP contribution >= 0.6 is 0 Å². The Kier molecular flexibility index (Phi) is 21.2. The number of ether oxygens (including phenoxy) is 4. The Morgan fingerprint density at radius 3 is 0.775 bits per heavy atom. The van der Waals surface area contributed by atoms with Crippen molar-refractivity contribution in [3.8, 4) is 44.5 Å². The van der Waals surface area contributed by atoms with E-state index in [2.05, 4.69) is 126 Å². The van der Waals surface area contributed by atoms with Crippen molar-refractivity contribution in [3.63, 3.8) is 0 Å². The van der Waals surface area contributed by atoms with Crippen LogP contribution in [0.4, 0.5) is 0 Å². The SMILES string of the molecule is CC(C)(C)C(=O)OCCC[n+]1cccc(-c2c3nc(c(-c4ccc[n+](CCCOC(=O)C(C)(C)C)c4)c4ccc([nH]4)c(-c4ccc[n+](CCCOC(=O)C(C)(C)C)c4)c4nc(c(-c5ccc[n+](CCCOC(=O)C(C)(C)C)c5)c5ccc2[nH]5)C=C4)C=C3)c1.[Mn+2]. The van der Waals surface area contributed by atoms with Gasteiger partial charge in [0.05, 0.1) is 70.9 Å². The van der Waals surface area contributed by atoms with Crippen molar-refractivity contribution in [3.05, 3.63) is 145 Å². The number of nitrogens with zero attached hydrogens (tertiary/aromatic N) is 6. The minimum atomic E-state index is -0.592. The Bertz CT molecular complexity index is 3480. The standard InChI is InChI=1S/C72H86N8O8.Mn/c1-69(2,3)65(81)85-41-17-37-77-33-13-21-49(45-77)61-53-25-27-55(73-53)62(50-22-14-34-78(46-50)38-18-42-86-66(82)70(4,5)6)57-29-31-59(75-57)64(52-24-16-36-80(48-52)40-20-44-88-68(84)72(10,11)12)60-32-30-58(76-60)63(56-28-26-54(61)74-56)51-23-15-35-79(47-51)39-19-43-87-67(83)71(7,8)9;/h13-16,21-36,45-48,73,76H,17-20,37-44H2,1-12H3;/q+4;+2. The molecule has 16 nitrogen and oxygen atoms in total. The third-order valence-electron chi connectivity index (χ3n) is 15.0. The van der Waals surface area contributed by atoms with E-state index in [9.17, 15) is 19.2 Å². The molecule has 8 bridgehead atoms. The molecule has 1 radical (unpaired) electrons. The van der Waals surface area contributed by atoms with Crippen LogP contribution in [0.5, 0.6) is 0 Å². The third-order valence-corrected chi connectivity index (χ3v) is 15.0. The van der Waals surface area contributed by atoms with E-state index >= 15 is 0 Å². The molecule has 9 rings (SSSR count). The number of rotatable bonds is 20. The summed E-state index contributed by atoms with van der Waals surface area (Å²) in [5.74, 6) is -0.922. The first kappa shape index (κ1) is 66.6. The zero-order chi connectivity index (χ0) is 63.0. The molecule has 0 spiro atoms. The fourth-order valence-corrected chi connectivity index (χ4v) is 10.2. The summed E-state index contributed by atoms with van der Waals surface area (Å²) in [4.78, 5) is 69.7. The van der Waals surface area contributed by atoms with E-state index in [1.807, 2.05) is 132 Å². The van der Waals surface area contributed by atoms with Crippen molar-refractivity contribution in [2.45, 2.75) is 135 Å². The van der Waals surface area contributed by atoms with Gasteiger partial charge in [-0.1, -0.05) is 0 Å². The summed E-state index contributed by atoms with van der Waals surface area (Å²) in [6.07, 6.45) is 27.4. The normalized spacial score (nSPS) is 12.4. The summed E-state index contributed by atoms with van der Waals surface area (Å²) in [6.45, 7) is 25.9. The number of pyridine rings is 4. The number of fused-ring (bicyclic) bond motifs is 8. The first-order valence-electron chi connectivity index (χ1n) is 30.6. The predicted molar refractivity (Wildman–Crippen MR) is 342 cm³/mol. The number of hydrogen-bond acceptors (Lipinski definition) is 10. The molecular weight excluding hydrogens is 1160 g/mol. The molecule has 89 heavy (non-hydrogen) atoms. The van der Waals surface area contributed by atoms with Crippen molar-refractivity contribution in [1.29, 1.82) is 0 Å². The molecule has 0 fully saturated rings. The van der Waals surface area contributed by atoms with Gasteiger partial charge >= 0.3 is 40.9 Å². The summed E-state index contributed by atoms with van der Waals surface area (Å²) in [5.41, 5.74) is 11.1.